The molecule has 8 heteroatoms. The third-order valence-electron chi connectivity index (χ3n) is 2.83. The zero-order chi connectivity index (χ0) is 15.8. The van der Waals surface area contributed by atoms with Crippen LogP contribution in [-0.2, 0) is 15.4 Å². The summed E-state index contributed by atoms with van der Waals surface area (Å²) in [4.78, 5) is 4.37. The molecule has 0 radical (unpaired) electrons. The SMILES string of the molecule is Cc1c(Cl)cccc1S(=O)(=O)Nc1nc(C(C)(C)C)ns1. The Labute approximate surface area is 133 Å². The lowest BCUT2D eigenvalue weighted by Gasteiger charge is -2.12. The van der Waals surface area contributed by atoms with Crippen LogP contribution in [-0.4, -0.2) is 17.8 Å². The second-order valence-corrected chi connectivity index (χ2v) is 8.45. The van der Waals surface area contributed by atoms with Crippen LogP contribution in [0.25, 0.3) is 0 Å². The Bertz CT molecular complexity index is 764. The van der Waals surface area contributed by atoms with Crippen molar-refractivity contribution in [1.29, 1.82) is 0 Å². The van der Waals surface area contributed by atoms with Crippen molar-refractivity contribution in [3.05, 3.63) is 34.6 Å². The molecule has 2 rings (SSSR count). The molecule has 1 aromatic heterocycles. The molecule has 0 spiro atoms. The molecule has 0 aliphatic heterocycles. The number of sulfonamides is 1. The second kappa shape index (κ2) is 5.55. The summed E-state index contributed by atoms with van der Waals surface area (Å²) in [5.74, 6) is 0.605. The van der Waals surface area contributed by atoms with E-state index >= 15 is 0 Å². The molecule has 0 fully saturated rings. The third-order valence-corrected chi connectivity index (χ3v) is 5.48. The van der Waals surface area contributed by atoms with Gasteiger partial charge in [-0.1, -0.05) is 38.4 Å². The van der Waals surface area contributed by atoms with Crippen molar-refractivity contribution in [2.45, 2.75) is 38.0 Å². The molecule has 2 aromatic rings. The molecule has 5 nitrogen and oxygen atoms in total. The van der Waals surface area contributed by atoms with Crippen LogP contribution in [0.1, 0.15) is 32.2 Å². The maximum absolute atomic E-state index is 12.4. The first-order valence-electron chi connectivity index (χ1n) is 6.23. The zero-order valence-corrected chi connectivity index (χ0v) is 14.5. The first-order valence-corrected chi connectivity index (χ1v) is 8.87. The van der Waals surface area contributed by atoms with E-state index in [0.29, 0.717) is 16.4 Å². The van der Waals surface area contributed by atoms with Gasteiger partial charge in [-0.2, -0.15) is 4.37 Å². The molecule has 0 saturated carbocycles. The summed E-state index contributed by atoms with van der Waals surface area (Å²) in [6.45, 7) is 7.56. The van der Waals surface area contributed by atoms with Crippen molar-refractivity contribution >= 4 is 38.3 Å². The number of rotatable bonds is 3. The second-order valence-electron chi connectivity index (χ2n) is 5.64. The van der Waals surface area contributed by atoms with E-state index in [1.807, 2.05) is 20.8 Å². The van der Waals surface area contributed by atoms with Crippen molar-refractivity contribution < 1.29 is 8.42 Å². The number of hydrogen-bond acceptors (Lipinski definition) is 5. The lowest BCUT2D eigenvalue weighted by Crippen LogP contribution is -2.16. The molecular weight excluding hydrogens is 330 g/mol. The maximum Gasteiger partial charge on any atom is 0.264 e. The van der Waals surface area contributed by atoms with Gasteiger partial charge in [0.25, 0.3) is 10.0 Å². The van der Waals surface area contributed by atoms with Crippen LogP contribution in [0.5, 0.6) is 0 Å². The Hall–Kier alpha value is -1.18. The topological polar surface area (TPSA) is 72.0 Å². The van der Waals surface area contributed by atoms with Gasteiger partial charge in [-0.25, -0.2) is 13.4 Å². The summed E-state index contributed by atoms with van der Waals surface area (Å²) in [5.41, 5.74) is 0.277. The van der Waals surface area contributed by atoms with Crippen LogP contribution >= 0.6 is 23.1 Å². The highest BCUT2D eigenvalue weighted by Gasteiger charge is 2.23. The number of benzene rings is 1. The molecule has 0 bridgehead atoms. The molecule has 1 aromatic carbocycles. The van der Waals surface area contributed by atoms with E-state index in [0.717, 1.165) is 11.5 Å². The Morgan fingerprint density at radius 2 is 1.95 bits per heavy atom. The Balaban J connectivity index is 2.34. The van der Waals surface area contributed by atoms with E-state index < -0.39 is 10.0 Å². The van der Waals surface area contributed by atoms with Crippen LogP contribution < -0.4 is 4.72 Å². The highest BCUT2D eigenvalue weighted by atomic mass is 35.5. The third kappa shape index (κ3) is 3.53. The van der Waals surface area contributed by atoms with Gasteiger partial charge in [0.1, 0.15) is 5.82 Å². The molecule has 0 atom stereocenters. The lowest BCUT2D eigenvalue weighted by molar-refractivity contribution is 0.555. The molecule has 0 aliphatic rings. The number of hydrogen-bond donors (Lipinski definition) is 1. The Morgan fingerprint density at radius 1 is 1.29 bits per heavy atom. The van der Waals surface area contributed by atoms with Gasteiger partial charge >= 0.3 is 0 Å². The molecule has 0 amide bonds. The van der Waals surface area contributed by atoms with Gasteiger partial charge in [-0.15, -0.1) is 0 Å². The van der Waals surface area contributed by atoms with E-state index in [1.165, 1.54) is 6.07 Å². The van der Waals surface area contributed by atoms with Crippen LogP contribution in [0, 0.1) is 6.92 Å². The van der Waals surface area contributed by atoms with Gasteiger partial charge in [0.2, 0.25) is 5.13 Å². The summed E-state index contributed by atoms with van der Waals surface area (Å²) in [7, 11) is -3.73. The van der Waals surface area contributed by atoms with E-state index in [-0.39, 0.29) is 15.4 Å². The van der Waals surface area contributed by atoms with Gasteiger partial charge in [-0.3, -0.25) is 4.72 Å². The Kier molecular flexibility index (Phi) is 4.28. The van der Waals surface area contributed by atoms with Gasteiger partial charge < -0.3 is 0 Å². The smallest absolute Gasteiger partial charge is 0.253 e. The predicted octanol–water partition coefficient (Wildman–Crippen LogP) is 3.60. The Morgan fingerprint density at radius 3 is 2.52 bits per heavy atom. The van der Waals surface area contributed by atoms with E-state index in [1.54, 1.807) is 19.1 Å². The van der Waals surface area contributed by atoms with Crippen molar-refractivity contribution in [1.82, 2.24) is 9.36 Å². The average Bonchev–Trinajstić information content (AvgIpc) is 2.80. The summed E-state index contributed by atoms with van der Waals surface area (Å²) < 4.78 is 31.4. The van der Waals surface area contributed by atoms with E-state index in [2.05, 4.69) is 14.1 Å². The standard InChI is InChI=1S/C13H16ClN3O2S2/c1-8-9(14)6-5-7-10(8)21(18,19)17-12-15-11(16-20-12)13(2,3)4/h5-7H,1-4H3,(H,15,16,17). The molecule has 114 valence electrons. The van der Waals surface area contributed by atoms with E-state index in [4.69, 9.17) is 11.6 Å². The average molecular weight is 346 g/mol. The van der Waals surface area contributed by atoms with Crippen LogP contribution in [0.15, 0.2) is 23.1 Å². The first kappa shape index (κ1) is 16.2. The van der Waals surface area contributed by atoms with Crippen LogP contribution in [0.4, 0.5) is 5.13 Å². The quantitative estimate of drug-likeness (QED) is 0.922. The van der Waals surface area contributed by atoms with Crippen molar-refractivity contribution in [2.75, 3.05) is 4.72 Å². The molecule has 1 heterocycles. The largest absolute Gasteiger partial charge is 0.264 e. The van der Waals surface area contributed by atoms with Crippen molar-refractivity contribution in [3.63, 3.8) is 0 Å². The number of halogens is 1. The summed E-state index contributed by atoms with van der Waals surface area (Å²) in [5, 5.41) is 0.657. The fourth-order valence-electron chi connectivity index (χ4n) is 1.62. The number of nitrogens with zero attached hydrogens (tertiary/aromatic N) is 2. The van der Waals surface area contributed by atoms with Crippen LogP contribution in [0.2, 0.25) is 5.02 Å². The molecule has 1 N–H and O–H groups in total. The van der Waals surface area contributed by atoms with Gasteiger partial charge in [-0.05, 0) is 24.6 Å². The minimum atomic E-state index is -3.73. The lowest BCUT2D eigenvalue weighted by atomic mass is 9.96. The fourth-order valence-corrected chi connectivity index (χ4v) is 4.10. The predicted molar refractivity (Wildman–Crippen MR) is 85.6 cm³/mol. The van der Waals surface area contributed by atoms with Crippen molar-refractivity contribution in [2.24, 2.45) is 0 Å². The minimum absolute atomic E-state index is 0.141. The normalized spacial score (nSPS) is 12.4. The van der Waals surface area contributed by atoms with Crippen molar-refractivity contribution in [3.8, 4) is 0 Å². The highest BCUT2D eigenvalue weighted by Crippen LogP contribution is 2.27. The fraction of sp³-hybridized carbons (Fsp3) is 0.385. The zero-order valence-electron chi connectivity index (χ0n) is 12.1. The molecule has 0 unspecified atom stereocenters. The first-order chi connectivity index (χ1) is 9.61. The molecule has 21 heavy (non-hydrogen) atoms. The number of aromatic nitrogens is 2. The van der Waals surface area contributed by atoms with Gasteiger partial charge in [0.05, 0.1) is 4.90 Å². The van der Waals surface area contributed by atoms with E-state index in [9.17, 15) is 8.42 Å². The molecule has 0 aliphatic carbocycles. The summed E-state index contributed by atoms with van der Waals surface area (Å²) in [6.07, 6.45) is 0. The van der Waals surface area contributed by atoms with Gasteiger partial charge in [0, 0.05) is 22.0 Å². The molecular formula is C13H16ClN3O2S2. The highest BCUT2D eigenvalue weighted by molar-refractivity contribution is 7.93. The van der Waals surface area contributed by atoms with Gasteiger partial charge in [0.15, 0.2) is 0 Å². The number of nitrogens with one attached hydrogen (secondary N) is 1. The summed E-state index contributed by atoms with van der Waals surface area (Å²) >= 11 is 6.99. The minimum Gasteiger partial charge on any atom is -0.253 e. The van der Waals surface area contributed by atoms with Crippen LogP contribution in [0.3, 0.4) is 0 Å². The molecule has 0 saturated heterocycles. The maximum atomic E-state index is 12.4. The summed E-state index contributed by atoms with van der Waals surface area (Å²) in [6, 6.07) is 4.76. The number of anilines is 1. The monoisotopic (exact) mass is 345 g/mol.